The van der Waals surface area contributed by atoms with Crippen molar-refractivity contribution in [3.63, 3.8) is 0 Å². The summed E-state index contributed by atoms with van der Waals surface area (Å²) in [4.78, 5) is 18.8. The molecular weight excluding hydrogens is 422 g/mol. The van der Waals surface area contributed by atoms with Crippen LogP contribution in [0, 0.1) is 0 Å². The highest BCUT2D eigenvalue weighted by Gasteiger charge is 2.14. The van der Waals surface area contributed by atoms with E-state index in [2.05, 4.69) is 31.3 Å². The van der Waals surface area contributed by atoms with Gasteiger partial charge in [-0.1, -0.05) is 40.2 Å². The summed E-state index contributed by atoms with van der Waals surface area (Å²) in [5.74, 6) is 0.489. The van der Waals surface area contributed by atoms with Crippen LogP contribution < -0.4 is 10.1 Å². The summed E-state index contributed by atoms with van der Waals surface area (Å²) in [5, 5.41) is 7.06. The lowest BCUT2D eigenvalue weighted by Crippen LogP contribution is -2.21. The van der Waals surface area contributed by atoms with Crippen molar-refractivity contribution in [2.24, 2.45) is 0 Å². The molecule has 0 aliphatic carbocycles. The lowest BCUT2D eigenvalue weighted by atomic mass is 10.2. The van der Waals surface area contributed by atoms with Crippen molar-refractivity contribution in [3.05, 3.63) is 70.5 Å². The Hall–Kier alpha value is -2.71. The van der Waals surface area contributed by atoms with E-state index in [-0.39, 0.29) is 11.9 Å². The van der Waals surface area contributed by atoms with Crippen molar-refractivity contribution in [1.82, 2.24) is 19.7 Å². The highest BCUT2D eigenvalue weighted by molar-refractivity contribution is 9.10. The number of nitrogens with one attached hydrogen (secondary N) is 1. The number of carbonyl (C=O) groups excluding carboxylic acids is 1. The summed E-state index contributed by atoms with van der Waals surface area (Å²) in [6, 6.07) is 15.1. The van der Waals surface area contributed by atoms with Gasteiger partial charge in [-0.2, -0.15) is 0 Å². The van der Waals surface area contributed by atoms with Gasteiger partial charge in [0.15, 0.2) is 0 Å². The van der Waals surface area contributed by atoms with Gasteiger partial charge in [-0.15, -0.1) is 5.10 Å². The minimum atomic E-state index is -0.304. The van der Waals surface area contributed by atoms with Crippen LogP contribution in [0.2, 0.25) is 0 Å². The normalized spacial score (nSPS) is 10.9. The Morgan fingerprint density at radius 1 is 1.18 bits per heavy atom. The number of hydrogen-bond donors (Lipinski definition) is 1. The summed E-state index contributed by atoms with van der Waals surface area (Å²) in [6.45, 7) is 1.83. The lowest BCUT2D eigenvalue weighted by molar-refractivity contribution is 0.102. The van der Waals surface area contributed by atoms with Crippen LogP contribution >= 0.6 is 15.9 Å². The lowest BCUT2D eigenvalue weighted by Gasteiger charge is -2.13. The largest absolute Gasteiger partial charge is 0.491 e. The number of likely N-dealkylation sites (N-methyl/N-ethyl adjacent to an activating group) is 1. The molecule has 0 spiro atoms. The molecule has 1 N–H and O–H groups in total. The van der Waals surface area contributed by atoms with Gasteiger partial charge in [0.25, 0.3) is 5.91 Å². The number of ether oxygens (including phenoxy) is 1. The molecule has 1 amide bonds. The third-order valence-corrected chi connectivity index (χ3v) is 4.48. The molecule has 146 valence electrons. The van der Waals surface area contributed by atoms with E-state index >= 15 is 0 Å². The van der Waals surface area contributed by atoms with Crippen molar-refractivity contribution < 1.29 is 9.53 Å². The number of amides is 1. The van der Waals surface area contributed by atoms with Crippen LogP contribution in [0.15, 0.2) is 59.3 Å². The van der Waals surface area contributed by atoms with Crippen LogP contribution in [-0.4, -0.2) is 52.8 Å². The molecular formula is C20H22BrN5O2. The van der Waals surface area contributed by atoms with E-state index in [1.165, 1.54) is 0 Å². The monoisotopic (exact) mass is 443 g/mol. The fourth-order valence-corrected chi connectivity index (χ4v) is 2.76. The molecule has 0 saturated carbocycles. The van der Waals surface area contributed by atoms with Gasteiger partial charge >= 0.3 is 0 Å². The summed E-state index contributed by atoms with van der Waals surface area (Å²) in [7, 11) is 3.94. The van der Waals surface area contributed by atoms with E-state index in [0.717, 1.165) is 16.6 Å². The molecule has 1 heterocycles. The SMILES string of the molecule is CN(C)CCOc1ccccc1C(=O)Nc1ncn(Cc2ccc(Br)cc2)n1. The van der Waals surface area contributed by atoms with Gasteiger partial charge in [0.1, 0.15) is 18.7 Å². The second-order valence-electron chi connectivity index (χ2n) is 6.49. The maximum absolute atomic E-state index is 12.6. The predicted molar refractivity (Wildman–Crippen MR) is 112 cm³/mol. The van der Waals surface area contributed by atoms with Gasteiger partial charge in [0.2, 0.25) is 5.95 Å². The van der Waals surface area contributed by atoms with Crippen molar-refractivity contribution in [2.45, 2.75) is 6.54 Å². The fourth-order valence-electron chi connectivity index (χ4n) is 2.49. The van der Waals surface area contributed by atoms with Gasteiger partial charge in [-0.25, -0.2) is 9.67 Å². The average Bonchev–Trinajstić information content (AvgIpc) is 3.10. The maximum atomic E-state index is 12.6. The van der Waals surface area contributed by atoms with Gasteiger partial charge in [-0.3, -0.25) is 10.1 Å². The highest BCUT2D eigenvalue weighted by Crippen LogP contribution is 2.19. The van der Waals surface area contributed by atoms with Crippen LogP contribution in [0.5, 0.6) is 5.75 Å². The predicted octanol–water partition coefficient (Wildman–Crippen LogP) is 3.28. The molecule has 0 saturated heterocycles. The van der Waals surface area contributed by atoms with Crippen LogP contribution in [0.25, 0.3) is 0 Å². The Labute approximate surface area is 172 Å². The molecule has 0 aliphatic heterocycles. The Bertz CT molecular complexity index is 924. The van der Waals surface area contributed by atoms with Gasteiger partial charge in [0.05, 0.1) is 12.1 Å². The molecule has 3 aromatic rings. The number of carbonyl (C=O) groups is 1. The van der Waals surface area contributed by atoms with Gasteiger partial charge < -0.3 is 9.64 Å². The Morgan fingerprint density at radius 2 is 1.93 bits per heavy atom. The van der Waals surface area contributed by atoms with E-state index in [1.807, 2.05) is 49.3 Å². The standard InChI is InChI=1S/C20H22BrN5O2/c1-25(2)11-12-28-18-6-4-3-5-17(18)19(27)23-20-22-14-26(24-20)13-15-7-9-16(21)10-8-15/h3-10,14H,11-13H2,1-2H3,(H,23,24,27). The third-order valence-electron chi connectivity index (χ3n) is 3.95. The zero-order valence-electron chi connectivity index (χ0n) is 15.8. The molecule has 3 rings (SSSR count). The summed E-state index contributed by atoms with van der Waals surface area (Å²) in [5.41, 5.74) is 1.54. The van der Waals surface area contributed by atoms with E-state index in [9.17, 15) is 4.79 Å². The number of benzene rings is 2. The molecule has 0 aliphatic rings. The number of para-hydroxylation sites is 1. The molecule has 0 atom stereocenters. The maximum Gasteiger partial charge on any atom is 0.261 e. The molecule has 28 heavy (non-hydrogen) atoms. The second-order valence-corrected chi connectivity index (χ2v) is 7.41. The summed E-state index contributed by atoms with van der Waals surface area (Å²) < 4.78 is 8.45. The number of rotatable bonds is 8. The van der Waals surface area contributed by atoms with Crippen molar-refractivity contribution >= 4 is 27.8 Å². The minimum absolute atomic E-state index is 0.255. The van der Waals surface area contributed by atoms with Crippen molar-refractivity contribution in [3.8, 4) is 5.75 Å². The quantitative estimate of drug-likeness (QED) is 0.578. The average molecular weight is 444 g/mol. The molecule has 0 unspecified atom stereocenters. The number of halogens is 1. The zero-order chi connectivity index (χ0) is 19.9. The van der Waals surface area contributed by atoms with E-state index in [1.54, 1.807) is 29.2 Å². The Kier molecular flexibility index (Phi) is 6.78. The molecule has 8 heteroatoms. The Morgan fingerprint density at radius 3 is 2.68 bits per heavy atom. The smallest absolute Gasteiger partial charge is 0.261 e. The fraction of sp³-hybridized carbons (Fsp3) is 0.250. The van der Waals surface area contributed by atoms with Crippen LogP contribution in [0.3, 0.4) is 0 Å². The van der Waals surface area contributed by atoms with Gasteiger partial charge in [-0.05, 0) is 43.9 Å². The number of nitrogens with zero attached hydrogens (tertiary/aromatic N) is 4. The molecule has 0 bridgehead atoms. The molecule has 7 nitrogen and oxygen atoms in total. The van der Waals surface area contributed by atoms with Crippen LogP contribution in [-0.2, 0) is 6.54 Å². The van der Waals surface area contributed by atoms with Crippen molar-refractivity contribution in [2.75, 3.05) is 32.6 Å². The zero-order valence-corrected chi connectivity index (χ0v) is 17.4. The molecule has 0 radical (unpaired) electrons. The first-order chi connectivity index (χ1) is 13.5. The first-order valence-electron chi connectivity index (χ1n) is 8.83. The highest BCUT2D eigenvalue weighted by atomic mass is 79.9. The van der Waals surface area contributed by atoms with E-state index in [0.29, 0.717) is 24.5 Å². The second kappa shape index (κ2) is 9.48. The Balaban J connectivity index is 1.63. The summed E-state index contributed by atoms with van der Waals surface area (Å²) >= 11 is 3.42. The number of anilines is 1. The first kappa shape index (κ1) is 20.0. The van der Waals surface area contributed by atoms with E-state index < -0.39 is 0 Å². The van der Waals surface area contributed by atoms with Crippen LogP contribution in [0.1, 0.15) is 15.9 Å². The van der Waals surface area contributed by atoms with Gasteiger partial charge in [0, 0.05) is 11.0 Å². The van der Waals surface area contributed by atoms with Crippen LogP contribution in [0.4, 0.5) is 5.95 Å². The summed E-state index contributed by atoms with van der Waals surface area (Å²) in [6.07, 6.45) is 1.59. The van der Waals surface area contributed by atoms with E-state index in [4.69, 9.17) is 4.74 Å². The molecule has 2 aromatic carbocycles. The molecule has 0 fully saturated rings. The topological polar surface area (TPSA) is 72.3 Å². The minimum Gasteiger partial charge on any atom is -0.491 e. The molecule has 1 aromatic heterocycles. The first-order valence-corrected chi connectivity index (χ1v) is 9.62. The number of hydrogen-bond acceptors (Lipinski definition) is 5. The number of aromatic nitrogens is 3. The third kappa shape index (κ3) is 5.64. The van der Waals surface area contributed by atoms with Crippen molar-refractivity contribution in [1.29, 1.82) is 0 Å².